The highest BCUT2D eigenvalue weighted by Gasteiger charge is 2.64. The fourth-order valence-corrected chi connectivity index (χ4v) is 7.52. The molecule has 0 heterocycles. The Balaban J connectivity index is 1.73. The van der Waals surface area contributed by atoms with Crippen molar-refractivity contribution in [1.29, 1.82) is 0 Å². The van der Waals surface area contributed by atoms with Crippen LogP contribution in [0.15, 0.2) is 0 Å². The molecule has 4 saturated carbocycles. The van der Waals surface area contributed by atoms with Crippen LogP contribution in [0.5, 0.6) is 0 Å². The summed E-state index contributed by atoms with van der Waals surface area (Å²) < 4.78 is 0. The van der Waals surface area contributed by atoms with E-state index in [-0.39, 0.29) is 28.8 Å². The van der Waals surface area contributed by atoms with Gasteiger partial charge in [-0.1, -0.05) is 20.3 Å². The third kappa shape index (κ3) is 1.99. The standard InChI is InChI=1S/C20H32O3/c1-18-8-4-9-20(3,23)15(18)11-14(21)17-12-5-6-16(22)19(12,2)10-7-13(17)18/h12-15,17,21,23H,4-11H2,1-3H3/t12-,13-,14+,15+,17-,18+,19-,20-/m0/s1. The third-order valence-corrected chi connectivity index (χ3v) is 8.76. The van der Waals surface area contributed by atoms with E-state index in [1.165, 1.54) is 6.42 Å². The number of fused-ring (bicyclic) bond motifs is 5. The van der Waals surface area contributed by atoms with Gasteiger partial charge in [-0.15, -0.1) is 0 Å². The highest BCUT2D eigenvalue weighted by atomic mass is 16.3. The number of ketones is 1. The Hall–Kier alpha value is -0.410. The molecule has 0 aromatic carbocycles. The molecule has 0 bridgehead atoms. The molecule has 8 atom stereocenters. The van der Waals surface area contributed by atoms with Crippen LogP contribution in [0.4, 0.5) is 0 Å². The summed E-state index contributed by atoms with van der Waals surface area (Å²) in [6.45, 7) is 6.50. The van der Waals surface area contributed by atoms with Crippen molar-refractivity contribution in [2.24, 2.45) is 34.5 Å². The molecule has 4 aliphatic carbocycles. The van der Waals surface area contributed by atoms with Crippen molar-refractivity contribution in [2.45, 2.75) is 83.8 Å². The number of aliphatic hydroxyl groups excluding tert-OH is 1. The van der Waals surface area contributed by atoms with Crippen LogP contribution < -0.4 is 0 Å². The van der Waals surface area contributed by atoms with Crippen molar-refractivity contribution in [2.75, 3.05) is 0 Å². The van der Waals surface area contributed by atoms with Gasteiger partial charge in [0.15, 0.2) is 0 Å². The molecule has 4 fully saturated rings. The fourth-order valence-electron chi connectivity index (χ4n) is 7.52. The summed E-state index contributed by atoms with van der Waals surface area (Å²) in [6, 6.07) is 0. The smallest absolute Gasteiger partial charge is 0.139 e. The molecule has 0 saturated heterocycles. The quantitative estimate of drug-likeness (QED) is 0.720. The van der Waals surface area contributed by atoms with Gasteiger partial charge in [0.1, 0.15) is 5.78 Å². The van der Waals surface area contributed by atoms with E-state index in [4.69, 9.17) is 0 Å². The number of carbonyl (C=O) groups is 1. The van der Waals surface area contributed by atoms with Crippen LogP contribution in [0.1, 0.15) is 72.1 Å². The Morgan fingerprint density at radius 3 is 2.52 bits per heavy atom. The Morgan fingerprint density at radius 2 is 1.78 bits per heavy atom. The lowest BCUT2D eigenvalue weighted by molar-refractivity contribution is -0.208. The second-order valence-electron chi connectivity index (χ2n) is 9.78. The molecule has 0 unspecified atom stereocenters. The molecular formula is C20H32O3. The SMILES string of the molecule is C[C@]12CCC[C@](C)(O)[C@@H]1C[C@@H](O)[C@@H]1[C@@H]2CC[C@]2(C)C(=O)CC[C@@H]12. The third-order valence-electron chi connectivity index (χ3n) is 8.76. The Bertz CT molecular complexity index is 527. The lowest BCUT2D eigenvalue weighted by Gasteiger charge is -2.63. The van der Waals surface area contributed by atoms with Crippen LogP contribution in [0.3, 0.4) is 0 Å². The number of aliphatic hydroxyl groups is 2. The molecule has 130 valence electrons. The van der Waals surface area contributed by atoms with Gasteiger partial charge in [-0.2, -0.15) is 0 Å². The molecule has 3 nitrogen and oxygen atoms in total. The van der Waals surface area contributed by atoms with Gasteiger partial charge in [-0.3, -0.25) is 4.79 Å². The van der Waals surface area contributed by atoms with E-state index in [0.29, 0.717) is 30.5 Å². The zero-order valence-electron chi connectivity index (χ0n) is 14.8. The van der Waals surface area contributed by atoms with Crippen molar-refractivity contribution in [1.82, 2.24) is 0 Å². The van der Waals surface area contributed by atoms with Crippen molar-refractivity contribution < 1.29 is 15.0 Å². The minimum atomic E-state index is -0.648. The molecular weight excluding hydrogens is 288 g/mol. The molecule has 23 heavy (non-hydrogen) atoms. The molecule has 4 aliphatic rings. The summed E-state index contributed by atoms with van der Waals surface area (Å²) in [7, 11) is 0. The zero-order valence-corrected chi connectivity index (χ0v) is 14.8. The maximum absolute atomic E-state index is 12.5. The van der Waals surface area contributed by atoms with Gasteiger partial charge in [0.05, 0.1) is 11.7 Å². The lowest BCUT2D eigenvalue weighted by atomic mass is 9.42. The summed E-state index contributed by atoms with van der Waals surface area (Å²) in [6.07, 6.45) is 7.16. The number of carbonyl (C=O) groups excluding carboxylic acids is 1. The maximum atomic E-state index is 12.5. The van der Waals surface area contributed by atoms with E-state index < -0.39 is 5.60 Å². The molecule has 0 spiro atoms. The Kier molecular flexibility index (Phi) is 3.37. The van der Waals surface area contributed by atoms with Crippen molar-refractivity contribution in [3.05, 3.63) is 0 Å². The van der Waals surface area contributed by atoms with E-state index in [0.717, 1.165) is 32.1 Å². The van der Waals surface area contributed by atoms with E-state index >= 15 is 0 Å². The fraction of sp³-hybridized carbons (Fsp3) is 0.950. The van der Waals surface area contributed by atoms with E-state index in [1.807, 2.05) is 6.92 Å². The average molecular weight is 320 g/mol. The maximum Gasteiger partial charge on any atom is 0.139 e. The molecule has 0 radical (unpaired) electrons. The summed E-state index contributed by atoms with van der Waals surface area (Å²) in [5.74, 6) is 1.70. The molecule has 2 N–H and O–H groups in total. The Labute approximate surface area is 139 Å². The van der Waals surface area contributed by atoms with E-state index in [1.54, 1.807) is 0 Å². The normalized spacial score (nSPS) is 59.2. The minimum absolute atomic E-state index is 0.124. The monoisotopic (exact) mass is 320 g/mol. The van der Waals surface area contributed by atoms with Crippen molar-refractivity contribution >= 4 is 5.78 Å². The van der Waals surface area contributed by atoms with Gasteiger partial charge in [0.2, 0.25) is 0 Å². The van der Waals surface area contributed by atoms with E-state index in [2.05, 4.69) is 13.8 Å². The van der Waals surface area contributed by atoms with Crippen LogP contribution in [-0.4, -0.2) is 27.7 Å². The molecule has 3 heteroatoms. The summed E-state index contributed by atoms with van der Waals surface area (Å²) in [5, 5.41) is 22.0. The molecule has 0 aromatic rings. The summed E-state index contributed by atoms with van der Waals surface area (Å²) >= 11 is 0. The first-order valence-corrected chi connectivity index (χ1v) is 9.64. The number of hydrogen-bond acceptors (Lipinski definition) is 3. The number of Topliss-reactive ketones (excluding diaryl/α,β-unsaturated/α-hetero) is 1. The van der Waals surface area contributed by atoms with Gasteiger partial charge in [0, 0.05) is 11.8 Å². The average Bonchev–Trinajstić information content (AvgIpc) is 2.77. The van der Waals surface area contributed by atoms with Gasteiger partial charge in [-0.05, 0) is 74.5 Å². The second kappa shape index (κ2) is 4.82. The molecule has 0 aromatic heterocycles. The van der Waals surface area contributed by atoms with Crippen LogP contribution in [0.2, 0.25) is 0 Å². The highest BCUT2D eigenvalue weighted by Crippen LogP contribution is 2.66. The largest absolute Gasteiger partial charge is 0.393 e. The molecule has 0 aliphatic heterocycles. The topological polar surface area (TPSA) is 57.5 Å². The van der Waals surface area contributed by atoms with Crippen molar-refractivity contribution in [3.63, 3.8) is 0 Å². The first-order valence-electron chi connectivity index (χ1n) is 9.64. The lowest BCUT2D eigenvalue weighted by Crippen LogP contribution is -2.62. The molecule has 4 rings (SSSR count). The van der Waals surface area contributed by atoms with Gasteiger partial charge in [0.25, 0.3) is 0 Å². The second-order valence-corrected chi connectivity index (χ2v) is 9.78. The van der Waals surface area contributed by atoms with Gasteiger partial charge >= 0.3 is 0 Å². The zero-order chi connectivity index (χ0) is 16.6. The first-order chi connectivity index (χ1) is 10.7. The Morgan fingerprint density at radius 1 is 1.04 bits per heavy atom. The highest BCUT2D eigenvalue weighted by molar-refractivity contribution is 5.87. The minimum Gasteiger partial charge on any atom is -0.393 e. The van der Waals surface area contributed by atoms with Crippen LogP contribution in [-0.2, 0) is 4.79 Å². The van der Waals surface area contributed by atoms with Crippen LogP contribution >= 0.6 is 0 Å². The summed E-state index contributed by atoms with van der Waals surface area (Å²) in [4.78, 5) is 12.5. The predicted molar refractivity (Wildman–Crippen MR) is 88.7 cm³/mol. The van der Waals surface area contributed by atoms with Gasteiger partial charge < -0.3 is 10.2 Å². The first kappa shape index (κ1) is 16.1. The number of hydrogen-bond donors (Lipinski definition) is 2. The predicted octanol–water partition coefficient (Wildman–Crippen LogP) is 3.32. The number of rotatable bonds is 0. The summed E-state index contributed by atoms with van der Waals surface area (Å²) in [5.41, 5.74) is -0.716. The molecule has 0 amide bonds. The van der Waals surface area contributed by atoms with Crippen LogP contribution in [0.25, 0.3) is 0 Å². The van der Waals surface area contributed by atoms with Gasteiger partial charge in [-0.25, -0.2) is 0 Å². The van der Waals surface area contributed by atoms with Crippen molar-refractivity contribution in [3.8, 4) is 0 Å². The van der Waals surface area contributed by atoms with Crippen LogP contribution in [0, 0.1) is 34.5 Å². The van der Waals surface area contributed by atoms with E-state index in [9.17, 15) is 15.0 Å².